The predicted octanol–water partition coefficient (Wildman–Crippen LogP) is 5.34. The Morgan fingerprint density at radius 2 is 1.84 bits per heavy atom. The van der Waals surface area contributed by atoms with Gasteiger partial charge in [0, 0.05) is 12.3 Å². The molecule has 0 saturated heterocycles. The maximum atomic E-state index is 13.2. The zero-order valence-electron chi connectivity index (χ0n) is 16.7. The molecule has 0 aliphatic carbocycles. The highest BCUT2D eigenvalue weighted by Crippen LogP contribution is 2.27. The van der Waals surface area contributed by atoms with Gasteiger partial charge in [0.2, 0.25) is 5.78 Å². The molecule has 2 aromatic carbocycles. The van der Waals surface area contributed by atoms with Crippen molar-refractivity contribution in [2.24, 2.45) is 0 Å². The van der Waals surface area contributed by atoms with Gasteiger partial charge in [-0.1, -0.05) is 61.2 Å². The van der Waals surface area contributed by atoms with Gasteiger partial charge in [0.25, 0.3) is 5.56 Å². The van der Waals surface area contributed by atoms with E-state index in [4.69, 9.17) is 0 Å². The van der Waals surface area contributed by atoms with Crippen LogP contribution in [0, 0.1) is 5.82 Å². The van der Waals surface area contributed by atoms with Crippen molar-refractivity contribution in [2.75, 3.05) is 0 Å². The smallest absolute Gasteiger partial charge is 0.272 e. The number of benzene rings is 2. The lowest BCUT2D eigenvalue weighted by Crippen LogP contribution is -2.24. The van der Waals surface area contributed by atoms with Gasteiger partial charge in [0.1, 0.15) is 10.5 Å². The number of fused-ring (bicyclic) bond motifs is 3. The van der Waals surface area contributed by atoms with Crippen LogP contribution >= 0.6 is 23.1 Å². The molecule has 3 aromatic heterocycles. The molecule has 31 heavy (non-hydrogen) atoms. The molecule has 5 nitrogen and oxygen atoms in total. The monoisotopic (exact) mass is 450 g/mol. The average Bonchev–Trinajstić information content (AvgIpc) is 3.44. The van der Waals surface area contributed by atoms with Gasteiger partial charge in [-0.25, -0.2) is 4.39 Å². The molecule has 156 valence electrons. The Morgan fingerprint density at radius 1 is 1.06 bits per heavy atom. The number of nitrogens with zero attached hydrogens (tertiary/aromatic N) is 4. The molecule has 0 bridgehead atoms. The van der Waals surface area contributed by atoms with Crippen molar-refractivity contribution in [3.05, 3.63) is 93.3 Å². The number of hydrogen-bond acceptors (Lipinski definition) is 5. The lowest BCUT2D eigenvalue weighted by atomic mass is 10.0. The Bertz CT molecular complexity index is 1410. The molecule has 1 atom stereocenters. The topological polar surface area (TPSA) is 52.2 Å². The minimum absolute atomic E-state index is 0.0391. The van der Waals surface area contributed by atoms with Crippen LogP contribution in [0.1, 0.15) is 24.0 Å². The van der Waals surface area contributed by atoms with Crippen LogP contribution in [0.2, 0.25) is 0 Å². The first-order valence-electron chi connectivity index (χ1n) is 9.89. The van der Waals surface area contributed by atoms with Gasteiger partial charge in [-0.3, -0.25) is 13.8 Å². The molecule has 0 saturated carbocycles. The van der Waals surface area contributed by atoms with E-state index < -0.39 is 0 Å². The van der Waals surface area contributed by atoms with E-state index in [0.717, 1.165) is 11.1 Å². The second-order valence-electron chi connectivity index (χ2n) is 7.40. The largest absolute Gasteiger partial charge is 0.275 e. The third-order valence-electron chi connectivity index (χ3n) is 5.29. The fourth-order valence-electron chi connectivity index (χ4n) is 3.65. The lowest BCUT2D eigenvalue weighted by Gasteiger charge is -2.15. The Morgan fingerprint density at radius 3 is 2.61 bits per heavy atom. The fraction of sp³-hybridized carbons (Fsp3) is 0.174. The van der Waals surface area contributed by atoms with E-state index in [2.05, 4.69) is 29.3 Å². The quantitative estimate of drug-likeness (QED) is 0.328. The van der Waals surface area contributed by atoms with E-state index in [1.807, 2.05) is 34.0 Å². The number of aromatic nitrogens is 4. The molecule has 8 heteroatoms. The van der Waals surface area contributed by atoms with Crippen LogP contribution in [0.25, 0.3) is 16.0 Å². The molecule has 0 aliphatic heterocycles. The zero-order valence-corrected chi connectivity index (χ0v) is 18.4. The van der Waals surface area contributed by atoms with Crippen LogP contribution in [-0.4, -0.2) is 19.2 Å². The van der Waals surface area contributed by atoms with Gasteiger partial charge in [-0.05, 0) is 40.6 Å². The van der Waals surface area contributed by atoms with Gasteiger partial charge in [-0.2, -0.15) is 0 Å². The van der Waals surface area contributed by atoms with E-state index in [9.17, 15) is 9.18 Å². The van der Waals surface area contributed by atoms with Gasteiger partial charge < -0.3 is 0 Å². The summed E-state index contributed by atoms with van der Waals surface area (Å²) in [4.78, 5) is 13.2. The van der Waals surface area contributed by atoms with Crippen molar-refractivity contribution in [1.82, 2.24) is 19.2 Å². The first-order chi connectivity index (χ1) is 15.1. The second-order valence-corrected chi connectivity index (χ2v) is 9.25. The van der Waals surface area contributed by atoms with Crippen molar-refractivity contribution in [3.63, 3.8) is 0 Å². The summed E-state index contributed by atoms with van der Waals surface area (Å²) in [5, 5.41) is 11.4. The molecule has 0 radical (unpaired) electrons. The summed E-state index contributed by atoms with van der Waals surface area (Å²) in [5.74, 6) is 1.07. The number of thioether (sulfide) groups is 1. The summed E-state index contributed by atoms with van der Waals surface area (Å²) >= 11 is 2.95. The van der Waals surface area contributed by atoms with Crippen LogP contribution < -0.4 is 5.56 Å². The Balaban J connectivity index is 1.55. The summed E-state index contributed by atoms with van der Waals surface area (Å²) in [7, 11) is 0. The van der Waals surface area contributed by atoms with Crippen molar-refractivity contribution in [1.29, 1.82) is 0 Å². The normalized spacial score (nSPS) is 12.6. The molecule has 0 unspecified atom stereocenters. The van der Waals surface area contributed by atoms with Crippen LogP contribution in [0.4, 0.5) is 4.39 Å². The molecule has 5 rings (SSSR count). The number of rotatable bonds is 6. The first kappa shape index (κ1) is 20.0. The highest BCUT2D eigenvalue weighted by Gasteiger charge is 2.19. The number of halogens is 1. The third-order valence-corrected chi connectivity index (χ3v) is 7.18. The van der Waals surface area contributed by atoms with E-state index >= 15 is 0 Å². The van der Waals surface area contributed by atoms with Gasteiger partial charge in [0.05, 0.1) is 5.52 Å². The van der Waals surface area contributed by atoms with Gasteiger partial charge in [-0.15, -0.1) is 21.5 Å². The van der Waals surface area contributed by atoms with E-state index in [0.29, 0.717) is 27.9 Å². The number of hydrogen-bond donors (Lipinski definition) is 0. The minimum Gasteiger partial charge on any atom is -0.275 e. The first-order valence-corrected chi connectivity index (χ1v) is 11.8. The molecule has 5 aromatic rings. The highest BCUT2D eigenvalue weighted by atomic mass is 32.2. The standard InChI is InChI=1S/C23H19FN4OS2/c1-15(17-5-3-2-4-6-17)13-27-21(29)20-19(11-12-30-20)28-22(27)25-26-23(28)31-14-16-7-9-18(24)10-8-16/h2-12,15H,13-14H2,1H3/t15-/m0/s1. The van der Waals surface area contributed by atoms with Crippen molar-refractivity contribution in [3.8, 4) is 0 Å². The van der Waals surface area contributed by atoms with Crippen LogP contribution in [-0.2, 0) is 12.3 Å². The van der Waals surface area contributed by atoms with Crippen LogP contribution in [0.15, 0.2) is 76.0 Å². The molecule has 0 fully saturated rings. The molecule has 0 aliphatic rings. The minimum atomic E-state index is -0.252. The fourth-order valence-corrected chi connectivity index (χ4v) is 5.37. The maximum Gasteiger partial charge on any atom is 0.272 e. The Kier molecular flexibility index (Phi) is 5.33. The predicted molar refractivity (Wildman–Crippen MR) is 123 cm³/mol. The summed E-state index contributed by atoms with van der Waals surface area (Å²) in [6.45, 7) is 2.62. The maximum absolute atomic E-state index is 13.2. The molecule has 0 amide bonds. The second kappa shape index (κ2) is 8.28. The highest BCUT2D eigenvalue weighted by molar-refractivity contribution is 7.98. The average molecular weight is 451 g/mol. The molecule has 3 heterocycles. The van der Waals surface area contributed by atoms with Crippen molar-refractivity contribution >= 4 is 39.1 Å². The Labute approximate surface area is 186 Å². The summed E-state index contributed by atoms with van der Waals surface area (Å²) in [5.41, 5.74) is 2.95. The van der Waals surface area contributed by atoms with E-state index in [-0.39, 0.29) is 17.3 Å². The summed E-state index contributed by atoms with van der Waals surface area (Å²) in [6.07, 6.45) is 0. The summed E-state index contributed by atoms with van der Waals surface area (Å²) < 4.78 is 17.6. The van der Waals surface area contributed by atoms with Crippen LogP contribution in [0.5, 0.6) is 0 Å². The summed E-state index contributed by atoms with van der Waals surface area (Å²) in [6, 6.07) is 18.5. The van der Waals surface area contributed by atoms with Crippen LogP contribution in [0.3, 0.4) is 0 Å². The Hall–Kier alpha value is -2.97. The molecular formula is C23H19FN4OS2. The SMILES string of the molecule is C[C@@H](Cn1c(=O)c2sccc2n2c(SCc3ccc(F)cc3)nnc12)c1ccccc1. The van der Waals surface area contributed by atoms with Crippen molar-refractivity contribution < 1.29 is 4.39 Å². The third kappa shape index (κ3) is 3.77. The van der Waals surface area contributed by atoms with Gasteiger partial charge in [0.15, 0.2) is 5.16 Å². The van der Waals surface area contributed by atoms with Gasteiger partial charge >= 0.3 is 0 Å². The van der Waals surface area contributed by atoms with E-state index in [1.165, 1.54) is 40.8 Å². The van der Waals surface area contributed by atoms with Crippen molar-refractivity contribution in [2.45, 2.75) is 30.3 Å². The molecular weight excluding hydrogens is 431 g/mol. The number of thiophene rings is 1. The molecule has 0 N–H and O–H groups in total. The molecule has 0 spiro atoms. The zero-order chi connectivity index (χ0) is 21.4. The lowest BCUT2D eigenvalue weighted by molar-refractivity contribution is 0.588. The van der Waals surface area contributed by atoms with E-state index in [1.54, 1.807) is 16.7 Å².